The van der Waals surface area contributed by atoms with Gasteiger partial charge < -0.3 is 4.90 Å². The Morgan fingerprint density at radius 2 is 1.71 bits per heavy atom. The van der Waals surface area contributed by atoms with Gasteiger partial charge in [-0.05, 0) is 42.7 Å². The molecule has 1 heterocycles. The van der Waals surface area contributed by atoms with Crippen molar-refractivity contribution < 1.29 is 0 Å². The molecule has 1 aromatic rings. The summed E-state index contributed by atoms with van der Waals surface area (Å²) < 4.78 is 0. The van der Waals surface area contributed by atoms with Crippen molar-refractivity contribution in [3.05, 3.63) is 66.0 Å². The Bertz CT molecular complexity index is 452. The van der Waals surface area contributed by atoms with Crippen LogP contribution in [0, 0.1) is 0 Å². The van der Waals surface area contributed by atoms with Gasteiger partial charge in [0, 0.05) is 17.6 Å². The standard InChI is InChI=1S/C16H19N/c1-3-14-10-11-15(4-2)17(13-12-14)16-8-6-5-7-9-16/h5-13H,3-4H2,1-2H3. The zero-order chi connectivity index (χ0) is 12.1. The molecule has 0 radical (unpaired) electrons. The zero-order valence-electron chi connectivity index (χ0n) is 10.6. The van der Waals surface area contributed by atoms with Crippen LogP contribution in [0.25, 0.3) is 0 Å². The van der Waals surface area contributed by atoms with Gasteiger partial charge in [0.25, 0.3) is 0 Å². The van der Waals surface area contributed by atoms with Gasteiger partial charge in [0.15, 0.2) is 0 Å². The van der Waals surface area contributed by atoms with Crippen LogP contribution in [0.5, 0.6) is 0 Å². The minimum Gasteiger partial charge on any atom is -0.321 e. The monoisotopic (exact) mass is 225 g/mol. The maximum absolute atomic E-state index is 2.26. The number of nitrogens with zero attached hydrogens (tertiary/aromatic N) is 1. The van der Waals surface area contributed by atoms with Gasteiger partial charge in [0.05, 0.1) is 0 Å². The molecule has 0 amide bonds. The number of para-hydroxylation sites is 1. The topological polar surface area (TPSA) is 3.24 Å². The summed E-state index contributed by atoms with van der Waals surface area (Å²) in [7, 11) is 0. The summed E-state index contributed by atoms with van der Waals surface area (Å²) in [6.45, 7) is 4.38. The van der Waals surface area contributed by atoms with Crippen molar-refractivity contribution >= 4 is 5.69 Å². The molecule has 1 aliphatic rings. The molecule has 0 atom stereocenters. The fourth-order valence-corrected chi connectivity index (χ4v) is 1.97. The summed E-state index contributed by atoms with van der Waals surface area (Å²) in [5.74, 6) is 0. The third-order valence-electron chi connectivity index (χ3n) is 3.04. The third kappa shape index (κ3) is 2.68. The lowest BCUT2D eigenvalue weighted by Crippen LogP contribution is -2.13. The molecule has 0 fully saturated rings. The van der Waals surface area contributed by atoms with E-state index in [0.717, 1.165) is 12.8 Å². The van der Waals surface area contributed by atoms with Crippen LogP contribution >= 0.6 is 0 Å². The van der Waals surface area contributed by atoms with E-state index in [9.17, 15) is 0 Å². The molecule has 1 aromatic carbocycles. The van der Waals surface area contributed by atoms with Gasteiger partial charge in [-0.1, -0.05) is 38.1 Å². The van der Waals surface area contributed by atoms with Crippen LogP contribution in [0.15, 0.2) is 66.0 Å². The van der Waals surface area contributed by atoms with Crippen molar-refractivity contribution in [2.45, 2.75) is 26.7 Å². The van der Waals surface area contributed by atoms with Gasteiger partial charge in [0.2, 0.25) is 0 Å². The molecule has 1 nitrogen and oxygen atoms in total. The number of anilines is 1. The molecular weight excluding hydrogens is 206 g/mol. The van der Waals surface area contributed by atoms with E-state index in [4.69, 9.17) is 0 Å². The van der Waals surface area contributed by atoms with Crippen LogP contribution in [-0.2, 0) is 0 Å². The van der Waals surface area contributed by atoms with Crippen LogP contribution in [-0.4, -0.2) is 0 Å². The molecule has 0 N–H and O–H groups in total. The van der Waals surface area contributed by atoms with Crippen LogP contribution in [0.4, 0.5) is 5.69 Å². The molecule has 0 bridgehead atoms. The number of hydrogen-bond acceptors (Lipinski definition) is 1. The van der Waals surface area contributed by atoms with Gasteiger partial charge >= 0.3 is 0 Å². The molecule has 1 aliphatic heterocycles. The summed E-state index contributed by atoms with van der Waals surface area (Å²) in [5, 5.41) is 0. The SMILES string of the molecule is CCC1=CC=C(CC)N(c2ccccc2)C=C1. The number of hydrogen-bond donors (Lipinski definition) is 0. The molecule has 88 valence electrons. The highest BCUT2D eigenvalue weighted by atomic mass is 15.1. The second kappa shape index (κ2) is 5.53. The van der Waals surface area contributed by atoms with E-state index in [1.165, 1.54) is 17.0 Å². The average Bonchev–Trinajstić information content (AvgIpc) is 2.61. The number of allylic oxidation sites excluding steroid dienone is 5. The predicted molar refractivity (Wildman–Crippen MR) is 74.8 cm³/mol. The summed E-state index contributed by atoms with van der Waals surface area (Å²) in [4.78, 5) is 2.26. The van der Waals surface area contributed by atoms with Crippen molar-refractivity contribution in [2.24, 2.45) is 0 Å². The van der Waals surface area contributed by atoms with Crippen LogP contribution in [0.3, 0.4) is 0 Å². The third-order valence-corrected chi connectivity index (χ3v) is 3.04. The van der Waals surface area contributed by atoms with E-state index in [0.29, 0.717) is 0 Å². The summed E-state index contributed by atoms with van der Waals surface area (Å²) >= 11 is 0. The normalized spacial score (nSPS) is 15.3. The molecule has 0 aliphatic carbocycles. The average molecular weight is 225 g/mol. The second-order valence-electron chi connectivity index (χ2n) is 4.13. The van der Waals surface area contributed by atoms with Gasteiger partial charge in [-0.25, -0.2) is 0 Å². The van der Waals surface area contributed by atoms with Crippen molar-refractivity contribution in [1.82, 2.24) is 0 Å². The van der Waals surface area contributed by atoms with Gasteiger partial charge in [-0.3, -0.25) is 0 Å². The first kappa shape index (κ1) is 11.7. The van der Waals surface area contributed by atoms with Crippen LogP contribution in [0.2, 0.25) is 0 Å². The lowest BCUT2D eigenvalue weighted by atomic mass is 10.2. The quantitative estimate of drug-likeness (QED) is 0.723. The highest BCUT2D eigenvalue weighted by Crippen LogP contribution is 2.24. The highest BCUT2D eigenvalue weighted by molar-refractivity contribution is 5.57. The maximum atomic E-state index is 2.26. The molecule has 0 aromatic heterocycles. The minimum atomic E-state index is 1.03. The van der Waals surface area contributed by atoms with Crippen molar-refractivity contribution in [1.29, 1.82) is 0 Å². The fraction of sp³-hybridized carbons (Fsp3) is 0.250. The van der Waals surface area contributed by atoms with Crippen molar-refractivity contribution in [2.75, 3.05) is 4.90 Å². The molecule has 0 saturated carbocycles. The lowest BCUT2D eigenvalue weighted by molar-refractivity contribution is 1.01. The van der Waals surface area contributed by atoms with Crippen LogP contribution in [0.1, 0.15) is 26.7 Å². The Balaban J connectivity index is 2.35. The Morgan fingerprint density at radius 1 is 0.941 bits per heavy atom. The molecule has 0 saturated heterocycles. The van der Waals surface area contributed by atoms with Gasteiger partial charge in [-0.15, -0.1) is 0 Å². The molecule has 0 unspecified atom stereocenters. The molecule has 0 spiro atoms. The molecular formula is C16H19N. The first-order chi connectivity index (χ1) is 8.35. The zero-order valence-corrected chi connectivity index (χ0v) is 10.6. The Kier molecular flexibility index (Phi) is 3.81. The molecule has 2 rings (SSSR count). The van der Waals surface area contributed by atoms with E-state index in [2.05, 4.69) is 73.5 Å². The Morgan fingerprint density at radius 3 is 2.35 bits per heavy atom. The smallest absolute Gasteiger partial charge is 0.0452 e. The number of rotatable bonds is 3. The summed E-state index contributed by atoms with van der Waals surface area (Å²) in [6.07, 6.45) is 10.9. The largest absolute Gasteiger partial charge is 0.321 e. The van der Waals surface area contributed by atoms with Crippen molar-refractivity contribution in [3.8, 4) is 0 Å². The second-order valence-corrected chi connectivity index (χ2v) is 4.13. The van der Waals surface area contributed by atoms with Gasteiger partial charge in [-0.2, -0.15) is 0 Å². The van der Waals surface area contributed by atoms with Crippen LogP contribution < -0.4 is 4.90 Å². The van der Waals surface area contributed by atoms with E-state index in [-0.39, 0.29) is 0 Å². The lowest BCUT2D eigenvalue weighted by Gasteiger charge is -2.22. The van der Waals surface area contributed by atoms with Crippen molar-refractivity contribution in [3.63, 3.8) is 0 Å². The maximum Gasteiger partial charge on any atom is 0.0452 e. The van der Waals surface area contributed by atoms with E-state index in [1.54, 1.807) is 0 Å². The Hall–Kier alpha value is -1.76. The minimum absolute atomic E-state index is 1.03. The van der Waals surface area contributed by atoms with E-state index < -0.39 is 0 Å². The predicted octanol–water partition coefficient (Wildman–Crippen LogP) is 4.65. The molecule has 1 heteroatoms. The highest BCUT2D eigenvalue weighted by Gasteiger charge is 2.08. The summed E-state index contributed by atoms with van der Waals surface area (Å²) in [5.41, 5.74) is 3.92. The van der Waals surface area contributed by atoms with Gasteiger partial charge in [0.1, 0.15) is 0 Å². The first-order valence-electron chi connectivity index (χ1n) is 6.27. The first-order valence-corrected chi connectivity index (χ1v) is 6.27. The summed E-state index contributed by atoms with van der Waals surface area (Å²) in [6, 6.07) is 10.5. The van der Waals surface area contributed by atoms with E-state index >= 15 is 0 Å². The Labute approximate surface area is 104 Å². The molecule has 17 heavy (non-hydrogen) atoms. The van der Waals surface area contributed by atoms with E-state index in [1.807, 2.05) is 0 Å². The number of benzene rings is 1. The fourth-order valence-electron chi connectivity index (χ4n) is 1.97.